The van der Waals surface area contributed by atoms with Crippen molar-refractivity contribution in [2.24, 2.45) is 0 Å². The predicted octanol–water partition coefficient (Wildman–Crippen LogP) is 2.84. The molecule has 0 saturated carbocycles. The highest BCUT2D eigenvalue weighted by molar-refractivity contribution is 5.78. The van der Waals surface area contributed by atoms with Crippen molar-refractivity contribution >= 4 is 17.8 Å². The second-order valence-electron chi connectivity index (χ2n) is 10.1. The molecule has 0 bridgehead atoms. The number of hydrogen-bond donors (Lipinski definition) is 2. The highest BCUT2D eigenvalue weighted by atomic mass is 16.7. The van der Waals surface area contributed by atoms with E-state index in [4.69, 9.17) is 23.9 Å². The Morgan fingerprint density at radius 3 is 2.22 bits per heavy atom. The Morgan fingerprint density at radius 2 is 1.51 bits per heavy atom. The molecule has 0 aliphatic carbocycles. The SMILES string of the molecule is CC(C)(CCCC(=O)ON1COCCCC1=O)OCCC(C)(C)OCCCC(=O)On1c(O)ccc1O. The van der Waals surface area contributed by atoms with E-state index in [1.807, 2.05) is 27.7 Å². The minimum Gasteiger partial charge on any atom is -0.492 e. The maximum atomic E-state index is 12.1. The van der Waals surface area contributed by atoms with Crippen LogP contribution in [0.1, 0.15) is 79.1 Å². The molecule has 12 heteroatoms. The summed E-state index contributed by atoms with van der Waals surface area (Å²) in [6, 6.07) is 2.42. The van der Waals surface area contributed by atoms with Crippen LogP contribution < -0.4 is 4.84 Å². The fraction of sp³-hybridized carbons (Fsp3) is 0.720. The second kappa shape index (κ2) is 14.2. The number of carbonyl (C=O) groups is 3. The molecular weight excluding hydrogens is 488 g/mol. The minimum atomic E-state index is -0.608. The third-order valence-electron chi connectivity index (χ3n) is 5.74. The number of aromatic nitrogens is 1. The van der Waals surface area contributed by atoms with Gasteiger partial charge < -0.3 is 34.1 Å². The van der Waals surface area contributed by atoms with Crippen LogP contribution in [0, 0.1) is 0 Å². The molecule has 37 heavy (non-hydrogen) atoms. The highest BCUT2D eigenvalue weighted by Crippen LogP contribution is 2.22. The van der Waals surface area contributed by atoms with E-state index in [9.17, 15) is 24.6 Å². The van der Waals surface area contributed by atoms with Gasteiger partial charge in [-0.2, -0.15) is 0 Å². The Balaban J connectivity index is 1.58. The van der Waals surface area contributed by atoms with Gasteiger partial charge in [0.2, 0.25) is 11.8 Å². The fourth-order valence-corrected chi connectivity index (χ4v) is 3.50. The lowest BCUT2D eigenvalue weighted by Crippen LogP contribution is -2.34. The zero-order chi connectivity index (χ0) is 27.5. The standard InChI is InChI=1S/C25H40N2O10/c1-24(2,13-5-9-22(31)36-26-18-33-15-6-8-19(26)28)35-17-14-25(3,4)34-16-7-10-23(32)37-27-20(29)11-12-21(27)30/h11-12,29-30H,5-10,13-18H2,1-4H3. The van der Waals surface area contributed by atoms with Gasteiger partial charge in [0.05, 0.1) is 24.2 Å². The van der Waals surface area contributed by atoms with E-state index in [2.05, 4.69) is 0 Å². The molecule has 2 N–H and O–H groups in total. The van der Waals surface area contributed by atoms with Gasteiger partial charge in [-0.05, 0) is 59.8 Å². The summed E-state index contributed by atoms with van der Waals surface area (Å²) in [6.07, 6.45) is 3.32. The Kier molecular flexibility index (Phi) is 11.7. The van der Waals surface area contributed by atoms with Crippen molar-refractivity contribution < 1.29 is 48.5 Å². The van der Waals surface area contributed by atoms with Crippen LogP contribution in [0.5, 0.6) is 11.8 Å². The molecule has 1 aromatic heterocycles. The molecule has 0 aromatic carbocycles. The Morgan fingerprint density at radius 1 is 0.919 bits per heavy atom. The van der Waals surface area contributed by atoms with Gasteiger partial charge in [0.25, 0.3) is 5.91 Å². The van der Waals surface area contributed by atoms with Crippen LogP contribution in [0.15, 0.2) is 12.1 Å². The lowest BCUT2D eigenvalue weighted by Gasteiger charge is -2.30. The molecule has 0 atom stereocenters. The predicted molar refractivity (Wildman–Crippen MR) is 130 cm³/mol. The van der Waals surface area contributed by atoms with Gasteiger partial charge in [0.15, 0.2) is 6.73 Å². The van der Waals surface area contributed by atoms with Crippen LogP contribution >= 0.6 is 0 Å². The molecule has 2 rings (SSSR count). The van der Waals surface area contributed by atoms with E-state index in [1.165, 1.54) is 12.1 Å². The van der Waals surface area contributed by atoms with Crippen molar-refractivity contribution in [3.05, 3.63) is 12.1 Å². The molecule has 1 amide bonds. The zero-order valence-electron chi connectivity index (χ0n) is 22.2. The molecule has 210 valence electrons. The number of ether oxygens (including phenoxy) is 3. The summed E-state index contributed by atoms with van der Waals surface area (Å²) >= 11 is 0. The van der Waals surface area contributed by atoms with Crippen molar-refractivity contribution in [2.45, 2.75) is 90.3 Å². The average molecular weight is 529 g/mol. The van der Waals surface area contributed by atoms with Crippen molar-refractivity contribution in [2.75, 3.05) is 26.6 Å². The van der Waals surface area contributed by atoms with Gasteiger partial charge in [0, 0.05) is 38.2 Å². The fourth-order valence-electron chi connectivity index (χ4n) is 3.50. The lowest BCUT2D eigenvalue weighted by molar-refractivity contribution is -0.212. The Bertz CT molecular complexity index is 877. The molecule has 1 aromatic rings. The minimum absolute atomic E-state index is 0.0377. The van der Waals surface area contributed by atoms with E-state index in [0.29, 0.717) is 63.1 Å². The monoisotopic (exact) mass is 528 g/mol. The third-order valence-corrected chi connectivity index (χ3v) is 5.74. The molecule has 1 aliphatic rings. The summed E-state index contributed by atoms with van der Waals surface area (Å²) in [5.74, 6) is -2.08. The number of hydroxylamine groups is 2. The summed E-state index contributed by atoms with van der Waals surface area (Å²) in [7, 11) is 0. The first-order valence-corrected chi connectivity index (χ1v) is 12.6. The van der Waals surface area contributed by atoms with Crippen LogP contribution in [0.3, 0.4) is 0 Å². The molecule has 2 heterocycles. The van der Waals surface area contributed by atoms with Gasteiger partial charge in [-0.3, -0.25) is 4.79 Å². The summed E-state index contributed by atoms with van der Waals surface area (Å²) < 4.78 is 17.8. The van der Waals surface area contributed by atoms with E-state index < -0.39 is 23.1 Å². The molecule has 0 spiro atoms. The van der Waals surface area contributed by atoms with Crippen LogP contribution in [-0.4, -0.2) is 75.6 Å². The molecule has 0 unspecified atom stereocenters. The van der Waals surface area contributed by atoms with Gasteiger partial charge in [-0.25, -0.2) is 9.59 Å². The summed E-state index contributed by atoms with van der Waals surface area (Å²) in [6.45, 7) is 8.95. The highest BCUT2D eigenvalue weighted by Gasteiger charge is 2.25. The van der Waals surface area contributed by atoms with Gasteiger partial charge in [0.1, 0.15) is 0 Å². The number of aromatic hydroxyl groups is 2. The quantitative estimate of drug-likeness (QED) is 0.326. The molecule has 0 radical (unpaired) electrons. The maximum Gasteiger partial charge on any atom is 0.333 e. The van der Waals surface area contributed by atoms with Crippen molar-refractivity contribution in [1.82, 2.24) is 9.79 Å². The lowest BCUT2D eigenvalue weighted by atomic mass is 10.0. The van der Waals surface area contributed by atoms with E-state index >= 15 is 0 Å². The van der Waals surface area contributed by atoms with Crippen molar-refractivity contribution in [1.29, 1.82) is 0 Å². The normalized spacial score (nSPS) is 14.9. The number of hydrogen-bond acceptors (Lipinski definition) is 10. The third kappa shape index (κ3) is 11.4. The van der Waals surface area contributed by atoms with Crippen molar-refractivity contribution in [3.63, 3.8) is 0 Å². The molecule has 12 nitrogen and oxygen atoms in total. The van der Waals surface area contributed by atoms with Gasteiger partial charge >= 0.3 is 11.9 Å². The van der Waals surface area contributed by atoms with E-state index in [1.54, 1.807) is 0 Å². The van der Waals surface area contributed by atoms with Crippen molar-refractivity contribution in [3.8, 4) is 11.8 Å². The smallest absolute Gasteiger partial charge is 0.333 e. The van der Waals surface area contributed by atoms with Gasteiger partial charge in [-0.15, -0.1) is 9.79 Å². The van der Waals surface area contributed by atoms with Crippen LogP contribution in [0.25, 0.3) is 0 Å². The molecule has 1 fully saturated rings. The van der Waals surface area contributed by atoms with E-state index in [-0.39, 0.29) is 37.2 Å². The first-order valence-electron chi connectivity index (χ1n) is 12.6. The molecule has 1 saturated heterocycles. The average Bonchev–Trinajstić information content (AvgIpc) is 2.98. The topological polar surface area (TPSA) is 146 Å². The first kappa shape index (κ1) is 30.4. The van der Waals surface area contributed by atoms with Crippen LogP contribution in [-0.2, 0) is 33.4 Å². The Hall–Kier alpha value is -2.83. The Labute approximate surface area is 217 Å². The number of nitrogens with zero attached hydrogens (tertiary/aromatic N) is 2. The molecular formula is C25H40N2O10. The summed E-state index contributed by atoms with van der Waals surface area (Å²) in [4.78, 5) is 45.9. The molecule has 1 aliphatic heterocycles. The summed E-state index contributed by atoms with van der Waals surface area (Å²) in [5.41, 5.74) is -0.945. The number of amides is 1. The maximum absolute atomic E-state index is 12.1. The zero-order valence-corrected chi connectivity index (χ0v) is 22.2. The summed E-state index contributed by atoms with van der Waals surface area (Å²) in [5, 5.41) is 20.0. The van der Waals surface area contributed by atoms with E-state index in [0.717, 1.165) is 5.06 Å². The number of carbonyl (C=O) groups excluding carboxylic acids is 3. The van der Waals surface area contributed by atoms with Crippen LogP contribution in [0.2, 0.25) is 0 Å². The second-order valence-corrected chi connectivity index (χ2v) is 10.1. The first-order chi connectivity index (χ1) is 17.4. The van der Waals surface area contributed by atoms with Crippen LogP contribution in [0.4, 0.5) is 0 Å². The largest absolute Gasteiger partial charge is 0.492 e. The number of rotatable bonds is 15. The van der Waals surface area contributed by atoms with Gasteiger partial charge in [-0.1, -0.05) is 0 Å².